The minimum absolute atomic E-state index is 0.435. The molecule has 0 spiro atoms. The van der Waals surface area contributed by atoms with Crippen LogP contribution in [0.2, 0.25) is 0 Å². The average Bonchev–Trinajstić information content (AvgIpc) is 2.89. The summed E-state index contributed by atoms with van der Waals surface area (Å²) in [4.78, 5) is 0. The second-order valence-corrected chi connectivity index (χ2v) is 4.67. The first-order valence-corrected chi connectivity index (χ1v) is 6.31. The maximum absolute atomic E-state index is 5.83. The molecule has 1 fully saturated rings. The Hall–Kier alpha value is -1.88. The molecule has 5 heteroatoms. The lowest BCUT2D eigenvalue weighted by molar-refractivity contribution is 0.340. The number of nitrogens with zero attached hydrogens (tertiary/aromatic N) is 3. The highest BCUT2D eigenvalue weighted by Gasteiger charge is 2.19. The van der Waals surface area contributed by atoms with Crippen LogP contribution in [0.25, 0.3) is 11.3 Å². The molecule has 0 atom stereocenters. The topological polar surface area (TPSA) is 68.8 Å². The Labute approximate surface area is 106 Å². The molecule has 18 heavy (non-hydrogen) atoms. The summed E-state index contributed by atoms with van der Waals surface area (Å²) in [5, 5.41) is 11.7. The predicted molar refractivity (Wildman–Crippen MR) is 71.0 cm³/mol. The lowest BCUT2D eigenvalue weighted by Gasteiger charge is -2.24. The average molecular weight is 243 g/mol. The highest BCUT2D eigenvalue weighted by molar-refractivity contribution is 5.63. The Kier molecular flexibility index (Phi) is 2.98. The van der Waals surface area contributed by atoms with Crippen molar-refractivity contribution in [3.05, 3.63) is 30.5 Å². The van der Waals surface area contributed by atoms with Crippen LogP contribution in [-0.4, -0.2) is 28.1 Å². The normalized spacial score (nSPS) is 16.9. The Morgan fingerprint density at radius 1 is 1.28 bits per heavy atom. The molecule has 3 N–H and O–H groups in total. The van der Waals surface area contributed by atoms with Crippen LogP contribution in [-0.2, 0) is 0 Å². The van der Waals surface area contributed by atoms with Gasteiger partial charge in [0.2, 0.25) is 0 Å². The van der Waals surface area contributed by atoms with Gasteiger partial charge in [0.15, 0.2) is 0 Å². The third-order valence-electron chi connectivity index (χ3n) is 3.41. The van der Waals surface area contributed by atoms with Gasteiger partial charge in [-0.25, -0.2) is 4.68 Å². The third kappa shape index (κ3) is 2.09. The Bertz CT molecular complexity index is 528. The zero-order valence-electron chi connectivity index (χ0n) is 10.2. The number of nitrogen functional groups attached to an aromatic ring is 1. The minimum atomic E-state index is 0.435. The van der Waals surface area contributed by atoms with Crippen LogP contribution in [0.5, 0.6) is 0 Å². The number of rotatable bonds is 2. The Morgan fingerprint density at radius 3 is 2.89 bits per heavy atom. The summed E-state index contributed by atoms with van der Waals surface area (Å²) < 4.78 is 2.04. The fraction of sp³-hybridized carbons (Fsp3) is 0.385. The van der Waals surface area contributed by atoms with E-state index in [2.05, 4.69) is 15.6 Å². The lowest BCUT2D eigenvalue weighted by atomic mass is 10.1. The highest BCUT2D eigenvalue weighted by atomic mass is 15.4. The van der Waals surface area contributed by atoms with Crippen molar-refractivity contribution in [1.82, 2.24) is 20.3 Å². The summed E-state index contributed by atoms with van der Waals surface area (Å²) >= 11 is 0. The van der Waals surface area contributed by atoms with E-state index in [0.717, 1.165) is 42.9 Å². The Balaban J connectivity index is 1.95. The van der Waals surface area contributed by atoms with E-state index in [4.69, 9.17) is 5.73 Å². The number of hydrogen-bond acceptors (Lipinski definition) is 4. The molecule has 0 bridgehead atoms. The number of piperidine rings is 1. The quantitative estimate of drug-likeness (QED) is 0.783. The van der Waals surface area contributed by atoms with Gasteiger partial charge in [0, 0.05) is 11.3 Å². The van der Waals surface area contributed by atoms with E-state index >= 15 is 0 Å². The van der Waals surface area contributed by atoms with E-state index in [1.165, 1.54) is 0 Å². The summed E-state index contributed by atoms with van der Waals surface area (Å²) in [5.41, 5.74) is 8.73. The third-order valence-corrected chi connectivity index (χ3v) is 3.41. The molecule has 0 radical (unpaired) electrons. The zero-order valence-corrected chi connectivity index (χ0v) is 10.2. The number of nitrogens with one attached hydrogen (secondary N) is 1. The molecule has 0 amide bonds. The minimum Gasteiger partial charge on any atom is -0.399 e. The highest BCUT2D eigenvalue weighted by Crippen LogP contribution is 2.26. The van der Waals surface area contributed by atoms with Gasteiger partial charge in [-0.15, -0.1) is 5.10 Å². The van der Waals surface area contributed by atoms with Crippen LogP contribution in [0.3, 0.4) is 0 Å². The second-order valence-electron chi connectivity index (χ2n) is 4.67. The largest absolute Gasteiger partial charge is 0.399 e. The van der Waals surface area contributed by atoms with Crippen LogP contribution >= 0.6 is 0 Å². The summed E-state index contributed by atoms with van der Waals surface area (Å²) in [5.74, 6) is 0. The molecule has 1 saturated heterocycles. The maximum atomic E-state index is 5.83. The molecule has 1 aliphatic rings. The first-order chi connectivity index (χ1) is 8.84. The fourth-order valence-electron chi connectivity index (χ4n) is 2.47. The van der Waals surface area contributed by atoms with Crippen molar-refractivity contribution in [2.75, 3.05) is 18.8 Å². The summed E-state index contributed by atoms with van der Waals surface area (Å²) in [6, 6.07) is 8.31. The molecular weight excluding hydrogens is 226 g/mol. The van der Waals surface area contributed by atoms with Gasteiger partial charge in [-0.3, -0.25) is 0 Å². The molecule has 0 unspecified atom stereocenters. The van der Waals surface area contributed by atoms with Crippen molar-refractivity contribution in [2.45, 2.75) is 18.9 Å². The number of aromatic nitrogens is 3. The molecule has 5 nitrogen and oxygen atoms in total. The molecule has 2 heterocycles. The number of nitrogens with two attached hydrogens (primary N) is 1. The molecule has 0 aliphatic carbocycles. The van der Waals surface area contributed by atoms with E-state index in [9.17, 15) is 0 Å². The van der Waals surface area contributed by atoms with Crippen LogP contribution in [0.4, 0.5) is 5.69 Å². The second kappa shape index (κ2) is 4.78. The van der Waals surface area contributed by atoms with Gasteiger partial charge in [0.25, 0.3) is 0 Å². The van der Waals surface area contributed by atoms with E-state index in [1.807, 2.05) is 35.1 Å². The van der Waals surface area contributed by atoms with Gasteiger partial charge in [0.1, 0.15) is 0 Å². The fourth-order valence-corrected chi connectivity index (χ4v) is 2.47. The van der Waals surface area contributed by atoms with E-state index in [1.54, 1.807) is 0 Å². The van der Waals surface area contributed by atoms with Crippen LogP contribution in [0.15, 0.2) is 30.5 Å². The number of anilines is 1. The van der Waals surface area contributed by atoms with E-state index < -0.39 is 0 Å². The smallest absolute Gasteiger partial charge is 0.0889 e. The predicted octanol–water partition coefficient (Wildman–Crippen LogP) is 1.45. The molecule has 2 aromatic rings. The van der Waals surface area contributed by atoms with Crippen molar-refractivity contribution in [1.29, 1.82) is 0 Å². The van der Waals surface area contributed by atoms with Crippen molar-refractivity contribution in [3.63, 3.8) is 0 Å². The van der Waals surface area contributed by atoms with Gasteiger partial charge in [-0.2, -0.15) is 0 Å². The first-order valence-electron chi connectivity index (χ1n) is 6.31. The molecular formula is C13H17N5. The van der Waals surface area contributed by atoms with E-state index in [-0.39, 0.29) is 0 Å². The standard InChI is InChI=1S/C13H17N5/c14-11-3-1-2-10(8-11)13-9-16-17-18(13)12-4-6-15-7-5-12/h1-3,8-9,12,15H,4-7,14H2. The van der Waals surface area contributed by atoms with Crippen molar-refractivity contribution >= 4 is 5.69 Å². The monoisotopic (exact) mass is 243 g/mol. The van der Waals surface area contributed by atoms with Crippen molar-refractivity contribution in [2.24, 2.45) is 0 Å². The van der Waals surface area contributed by atoms with E-state index in [0.29, 0.717) is 6.04 Å². The van der Waals surface area contributed by atoms with Gasteiger partial charge < -0.3 is 11.1 Å². The van der Waals surface area contributed by atoms with Crippen molar-refractivity contribution < 1.29 is 0 Å². The van der Waals surface area contributed by atoms with Crippen LogP contribution in [0, 0.1) is 0 Å². The molecule has 1 aromatic heterocycles. The van der Waals surface area contributed by atoms with Gasteiger partial charge in [-0.05, 0) is 38.1 Å². The van der Waals surface area contributed by atoms with Gasteiger partial charge >= 0.3 is 0 Å². The summed E-state index contributed by atoms with van der Waals surface area (Å²) in [7, 11) is 0. The molecule has 94 valence electrons. The number of benzene rings is 1. The first kappa shape index (κ1) is 11.2. The zero-order chi connectivity index (χ0) is 12.4. The Morgan fingerprint density at radius 2 is 2.11 bits per heavy atom. The summed E-state index contributed by atoms with van der Waals surface area (Å²) in [6.07, 6.45) is 4.01. The maximum Gasteiger partial charge on any atom is 0.0889 e. The SMILES string of the molecule is Nc1cccc(-c2cnnn2C2CCNCC2)c1. The molecule has 3 rings (SSSR count). The lowest BCUT2D eigenvalue weighted by Crippen LogP contribution is -2.30. The van der Waals surface area contributed by atoms with Crippen LogP contribution in [0.1, 0.15) is 18.9 Å². The molecule has 1 aromatic carbocycles. The van der Waals surface area contributed by atoms with Gasteiger partial charge in [0.05, 0.1) is 17.9 Å². The molecule has 1 aliphatic heterocycles. The van der Waals surface area contributed by atoms with Gasteiger partial charge in [-0.1, -0.05) is 17.3 Å². The van der Waals surface area contributed by atoms with Crippen LogP contribution < -0.4 is 11.1 Å². The molecule has 0 saturated carbocycles. The van der Waals surface area contributed by atoms with Crippen molar-refractivity contribution in [3.8, 4) is 11.3 Å². The summed E-state index contributed by atoms with van der Waals surface area (Å²) in [6.45, 7) is 2.09. The number of hydrogen-bond donors (Lipinski definition) is 2.